The number of rotatable bonds is 37. The lowest BCUT2D eigenvalue weighted by molar-refractivity contribution is -0.145. The van der Waals surface area contributed by atoms with Gasteiger partial charge in [-0.3, -0.25) is 26.5 Å². The van der Waals surface area contributed by atoms with Crippen molar-refractivity contribution in [3.63, 3.8) is 0 Å². The van der Waals surface area contributed by atoms with Crippen molar-refractivity contribution in [2.45, 2.75) is 103 Å². The molecular weight excluding hydrogens is 1900 g/mol. The van der Waals surface area contributed by atoms with Gasteiger partial charge in [0, 0.05) is 90.9 Å². The number of anilines is 4. The topological polar surface area (TPSA) is 417 Å². The number of carboxylic acid groups (broad SMARTS) is 1. The second-order valence-corrected chi connectivity index (χ2v) is 44.0. The Morgan fingerprint density at radius 1 is 0.412 bits per heavy atom. The fraction of sp³-hybridized carbons (Fsp3) is 0.272. The molecule has 12 heterocycles. The van der Waals surface area contributed by atoms with Crippen LogP contribution >= 0.6 is 90.7 Å². The number of likely N-dealkylation sites (N-methyl/N-ethyl adjacent to an activating group) is 1. The first kappa shape index (κ1) is 97.9. The van der Waals surface area contributed by atoms with Crippen LogP contribution in [0.4, 0.5) is 22.7 Å². The summed E-state index contributed by atoms with van der Waals surface area (Å²) < 4.78 is 80.4. The van der Waals surface area contributed by atoms with Crippen LogP contribution in [0.2, 0.25) is 0 Å². The Morgan fingerprint density at radius 2 is 0.702 bits per heavy atom. The van der Waals surface area contributed by atoms with Gasteiger partial charge in [-0.1, -0.05) is 114 Å². The first-order chi connectivity index (χ1) is 63.5. The molecule has 684 valence electrons. The number of benzene rings is 4. The van der Waals surface area contributed by atoms with Gasteiger partial charge in [0.2, 0.25) is 0 Å². The molecule has 12 aromatic heterocycles. The van der Waals surface area contributed by atoms with Crippen molar-refractivity contribution in [1.82, 2.24) is 44.8 Å². The molecule has 0 saturated carbocycles. The highest BCUT2D eigenvalue weighted by atomic mass is 32.2. The first-order valence-electron chi connectivity index (χ1n) is 41.5. The van der Waals surface area contributed by atoms with E-state index in [4.69, 9.17) is 72.0 Å². The second kappa shape index (κ2) is 47.1. The Labute approximate surface area is 798 Å². The average Bonchev–Trinajstić information content (AvgIpc) is 1.63. The van der Waals surface area contributed by atoms with E-state index in [9.17, 15) is 31.2 Å². The molecule has 0 bridgehead atoms. The van der Waals surface area contributed by atoms with Gasteiger partial charge < -0.3 is 56.8 Å². The SMILES string of the molecule is CCCCS(=O)c1sc2nc(-c3nccs3)cc(-c3ccc(COC(=O)CN(C)C)cc3)c2c1N.CCCCS(=O)c1sc2nc(-c3nccs3)cc(-c3ccc(OCC(=O)O)cc3)c2c1N.CCCCS(=O)c1sc2nc(-c3nccs3)cc(-c3ccc(OCC(=O)OC)cc3)c2c1N.CCCCS(=O)c1sc2nc(-c3nccs3)cc(-c3ccc(OCCO)cc3)c2c1N. The molecule has 39 heteroatoms. The Kier molecular flexibility index (Phi) is 35.2. The van der Waals surface area contributed by atoms with Crippen molar-refractivity contribution in [1.29, 1.82) is 0 Å². The number of thiazole rings is 4. The Morgan fingerprint density at radius 3 is 0.962 bits per heavy atom. The van der Waals surface area contributed by atoms with Crippen LogP contribution < -0.4 is 37.1 Å². The van der Waals surface area contributed by atoms with Crippen LogP contribution in [0.15, 0.2) is 184 Å². The number of nitrogens with zero attached hydrogens (tertiary/aromatic N) is 9. The minimum atomic E-state index is -1.18. The fourth-order valence-electron chi connectivity index (χ4n) is 13.3. The van der Waals surface area contributed by atoms with E-state index >= 15 is 0 Å². The summed E-state index contributed by atoms with van der Waals surface area (Å²) in [6.45, 7) is 8.41. The largest absolute Gasteiger partial charge is 0.491 e. The van der Waals surface area contributed by atoms with Crippen molar-refractivity contribution in [3.05, 3.63) is 173 Å². The summed E-state index contributed by atoms with van der Waals surface area (Å²) in [7, 11) is 0.309. The van der Waals surface area contributed by atoms with E-state index in [0.717, 1.165) is 185 Å². The van der Waals surface area contributed by atoms with Crippen molar-refractivity contribution >= 4 is 215 Å². The molecular formula is C92H95N13O14S12. The zero-order valence-electron chi connectivity index (χ0n) is 72.4. The van der Waals surface area contributed by atoms with Crippen LogP contribution in [0, 0.1) is 0 Å². The second-order valence-electron chi connectivity index (χ2n) is 29.4. The molecule has 16 aromatic rings. The van der Waals surface area contributed by atoms with Crippen molar-refractivity contribution in [2.75, 3.05) is 100 Å². The van der Waals surface area contributed by atoms with E-state index in [2.05, 4.69) is 52.4 Å². The number of esters is 2. The first-order valence-corrected chi connectivity index (χ1v) is 53.6. The average molecular weight is 1990 g/mol. The predicted molar refractivity (Wildman–Crippen MR) is 539 cm³/mol. The molecule has 4 aromatic carbocycles. The number of pyridine rings is 4. The Balaban J connectivity index is 0.000000149. The van der Waals surface area contributed by atoms with E-state index in [0.29, 0.717) is 79.8 Å². The molecule has 0 aliphatic rings. The van der Waals surface area contributed by atoms with Crippen molar-refractivity contribution < 1.29 is 65.1 Å². The van der Waals surface area contributed by atoms with E-state index in [-0.39, 0.29) is 38.9 Å². The summed E-state index contributed by atoms with van der Waals surface area (Å²) >= 11 is 11.6. The van der Waals surface area contributed by atoms with Crippen LogP contribution in [0.25, 0.3) is 128 Å². The maximum absolute atomic E-state index is 13.0. The molecule has 0 radical (unpaired) electrons. The molecule has 16 rings (SSSR count). The highest BCUT2D eigenvalue weighted by Gasteiger charge is 2.28. The number of thiophene rings is 4. The number of carbonyl (C=O) groups is 3. The van der Waals surface area contributed by atoms with E-state index in [1.807, 2.05) is 133 Å². The predicted octanol–water partition coefficient (Wildman–Crippen LogP) is 20.3. The van der Waals surface area contributed by atoms with E-state index in [1.165, 1.54) is 97.8 Å². The number of aromatic nitrogens is 8. The number of carboxylic acids is 1. The highest BCUT2D eigenvalue weighted by Crippen LogP contribution is 2.49. The number of aliphatic hydroxyl groups is 1. The molecule has 4 unspecified atom stereocenters. The lowest BCUT2D eigenvalue weighted by Crippen LogP contribution is -2.23. The number of aliphatic hydroxyl groups excluding tert-OH is 1. The normalized spacial score (nSPS) is 12.2. The van der Waals surface area contributed by atoms with E-state index < -0.39 is 61.7 Å². The summed E-state index contributed by atoms with van der Waals surface area (Å²) in [5.74, 6) is 2.27. The molecule has 0 spiro atoms. The smallest absolute Gasteiger partial charge is 0.343 e. The maximum Gasteiger partial charge on any atom is 0.343 e. The minimum absolute atomic E-state index is 0.0344. The summed E-state index contributed by atoms with van der Waals surface area (Å²) in [4.78, 5) is 75.5. The van der Waals surface area contributed by atoms with Crippen molar-refractivity contribution in [2.24, 2.45) is 0 Å². The van der Waals surface area contributed by atoms with Gasteiger partial charge in [-0.05, 0) is 151 Å². The molecule has 10 N–H and O–H groups in total. The maximum atomic E-state index is 13.0. The number of unbranched alkanes of at least 4 members (excludes halogenated alkanes) is 4. The number of carbonyl (C=O) groups excluding carboxylic acids is 2. The van der Waals surface area contributed by atoms with Crippen LogP contribution in [-0.2, 0) is 73.7 Å². The molecule has 0 aliphatic carbocycles. The third-order valence-corrected chi connectivity index (χ3v) is 34.9. The van der Waals surface area contributed by atoms with Gasteiger partial charge in [-0.2, -0.15) is 0 Å². The van der Waals surface area contributed by atoms with E-state index in [1.54, 1.807) is 54.0 Å². The third-order valence-electron chi connectivity index (χ3n) is 19.7. The monoisotopic (exact) mass is 1990 g/mol. The third kappa shape index (κ3) is 24.6. The van der Waals surface area contributed by atoms with Crippen molar-refractivity contribution in [3.8, 4) is 105 Å². The van der Waals surface area contributed by atoms with Gasteiger partial charge in [0.1, 0.15) is 109 Å². The van der Waals surface area contributed by atoms with Gasteiger partial charge >= 0.3 is 17.9 Å². The number of hydrogen-bond acceptors (Lipinski definition) is 34. The van der Waals surface area contributed by atoms with Crippen LogP contribution in [0.3, 0.4) is 0 Å². The number of fused-ring (bicyclic) bond motifs is 4. The van der Waals surface area contributed by atoms with Gasteiger partial charge in [0.25, 0.3) is 0 Å². The minimum Gasteiger partial charge on any atom is -0.491 e. The van der Waals surface area contributed by atoms with Crippen LogP contribution in [0.1, 0.15) is 84.6 Å². The Bertz CT molecular complexity index is 6670. The van der Waals surface area contributed by atoms with Crippen LogP contribution in [-0.4, -0.2) is 167 Å². The fourth-order valence-corrected chi connectivity index (χ4v) is 26.8. The number of aliphatic carboxylic acids is 1. The molecule has 0 amide bonds. The zero-order valence-corrected chi connectivity index (χ0v) is 82.2. The van der Waals surface area contributed by atoms with Gasteiger partial charge in [0.15, 0.2) is 13.2 Å². The molecule has 0 saturated heterocycles. The lowest BCUT2D eigenvalue weighted by atomic mass is 10.0. The summed E-state index contributed by atoms with van der Waals surface area (Å²) in [6.07, 6.45) is 14.4. The molecule has 4 atom stereocenters. The molecule has 0 aliphatic heterocycles. The molecule has 0 fully saturated rings. The number of hydrogen-bond donors (Lipinski definition) is 6. The quantitative estimate of drug-likeness (QED) is 0.0197. The van der Waals surface area contributed by atoms with Crippen LogP contribution in [0.5, 0.6) is 17.2 Å². The van der Waals surface area contributed by atoms with Gasteiger partial charge in [-0.25, -0.2) is 49.5 Å². The van der Waals surface area contributed by atoms with Gasteiger partial charge in [-0.15, -0.1) is 90.7 Å². The highest BCUT2D eigenvalue weighted by molar-refractivity contribution is 7.88. The number of methoxy groups -OCH3 is 1. The number of nitrogen functional groups attached to an aromatic ring is 4. The summed E-state index contributed by atoms with van der Waals surface area (Å²) in [5, 5.41) is 31.8. The zero-order chi connectivity index (χ0) is 92.8. The lowest BCUT2D eigenvalue weighted by Gasteiger charge is -2.11. The summed E-state index contributed by atoms with van der Waals surface area (Å²) in [6, 6.07) is 37.9. The molecule has 27 nitrogen and oxygen atoms in total. The Hall–Kier alpha value is -10.6. The molecule has 131 heavy (non-hydrogen) atoms. The standard InChI is InChI=1S/C25H28N4O3S3.C23H23N3O4S3.C22H21N3O4S3.C22H23N3O3S3/c1-4-5-12-35(31)25-22(26)21-18(13-19(28-24(21)34-25)23-27-10-11-33-23)17-8-6-16(7-9-17)15-32-20(30)14-29(2)3;1-3-4-11-33(28)23-20(24)19-16(12-17(26-22(19)32-23)21-25-9-10-31-21)14-5-7-15(8-6-14)30-13-18(27)29-2;1-2-3-10-32(28)22-19(23)18-15(13-4-6-14(7-5-13)29-12-17(26)27)11-16(25-21(18)31-22)20-24-8-9-30-20;1-2-3-12-31(27)22-19(23)18-16(14-4-6-15(7-5-14)28-10-9-26)13-17(25-21(18)30-22)20-24-8-11-29-20/h6-11,13H,4-5,12,14-15,26H2,1-3H3;5-10,12H,3-4,11,13,24H2,1-2H3;4-9,11H,2-3,10,12,23H2,1H3,(H,26,27);4-8,11,13,26H,2-3,9-10,12,23H2,1H3. The van der Waals surface area contributed by atoms with Gasteiger partial charge in [0.05, 0.1) is 86.2 Å². The summed E-state index contributed by atoms with van der Waals surface area (Å²) in [5.41, 5.74) is 39.4. The number of ether oxygens (including phenoxy) is 5. The number of nitrogens with two attached hydrogens (primary N) is 4.